The summed E-state index contributed by atoms with van der Waals surface area (Å²) < 4.78 is 4.55. The molecule has 0 unspecified atom stereocenters. The molecule has 0 saturated carbocycles. The second-order valence-corrected chi connectivity index (χ2v) is 0.871. The van der Waals surface area contributed by atoms with Gasteiger partial charge in [0.25, 0.3) is 0 Å². The van der Waals surface area contributed by atoms with Crippen molar-refractivity contribution in [3.8, 4) is 0 Å². The van der Waals surface area contributed by atoms with E-state index >= 15 is 0 Å². The predicted octanol–water partition coefficient (Wildman–Crippen LogP) is 0.636. The van der Waals surface area contributed by atoms with Crippen molar-refractivity contribution in [2.45, 2.75) is 0 Å². The Morgan fingerprint density at radius 3 is 2.71 bits per heavy atom. The Kier molecular flexibility index (Phi) is 5.04. The van der Waals surface area contributed by atoms with Crippen LogP contribution in [0.3, 0.4) is 0 Å². The molecule has 0 saturated heterocycles. The van der Waals surface area contributed by atoms with Gasteiger partial charge in [0.2, 0.25) is 0 Å². The summed E-state index contributed by atoms with van der Waals surface area (Å²) in [4.78, 5) is 3.67. The molecule has 0 aromatic rings. The van der Waals surface area contributed by atoms with E-state index in [2.05, 4.69) is 16.2 Å². The molecule has 0 amide bonds. The number of rotatable bonds is 4. The third kappa shape index (κ3) is 5.46. The Hall–Kier alpha value is -0.540. The predicted molar refractivity (Wildman–Crippen MR) is 24.7 cm³/mol. The van der Waals surface area contributed by atoms with Crippen molar-refractivity contribution in [1.29, 1.82) is 0 Å². The molecule has 0 aliphatic carbocycles. The molecule has 1 N–H and O–H groups in total. The first-order chi connectivity index (χ1) is 3.41. The van der Waals surface area contributed by atoms with Crippen molar-refractivity contribution in [2.24, 2.45) is 0 Å². The van der Waals surface area contributed by atoms with Gasteiger partial charge in [0.1, 0.15) is 13.2 Å². The highest BCUT2D eigenvalue weighted by atomic mass is 17.1. The van der Waals surface area contributed by atoms with Crippen LogP contribution in [0, 0.1) is 0 Å². The molecule has 0 aliphatic rings. The summed E-state index contributed by atoms with van der Waals surface area (Å²) in [7, 11) is 0. The van der Waals surface area contributed by atoms with E-state index in [-0.39, 0.29) is 6.61 Å². The minimum Gasteiger partial charge on any atom is -0.499 e. The van der Waals surface area contributed by atoms with Crippen LogP contribution in [0.2, 0.25) is 0 Å². The molecule has 7 heavy (non-hydrogen) atoms. The van der Waals surface area contributed by atoms with Crippen molar-refractivity contribution in [3.05, 3.63) is 12.8 Å². The topological polar surface area (TPSA) is 38.7 Å². The van der Waals surface area contributed by atoms with Crippen LogP contribution >= 0.6 is 0 Å². The molecular weight excluding hydrogens is 96.0 g/mol. The van der Waals surface area contributed by atoms with Gasteiger partial charge in [0.05, 0.1) is 6.26 Å². The Labute approximate surface area is 42.1 Å². The lowest BCUT2D eigenvalue weighted by Gasteiger charge is -1.93. The molecule has 0 spiro atoms. The van der Waals surface area contributed by atoms with Crippen molar-refractivity contribution in [1.82, 2.24) is 0 Å². The van der Waals surface area contributed by atoms with Crippen LogP contribution in [0.4, 0.5) is 0 Å². The maximum atomic E-state index is 7.68. The molecule has 42 valence electrons. The molecular formula is C4H8O3. The molecule has 0 atom stereocenters. The molecule has 0 bridgehead atoms. The third-order valence-electron chi connectivity index (χ3n) is 0.410. The zero-order valence-corrected chi connectivity index (χ0v) is 3.96. The van der Waals surface area contributed by atoms with E-state index < -0.39 is 0 Å². The Morgan fingerprint density at radius 1 is 1.57 bits per heavy atom. The lowest BCUT2D eigenvalue weighted by molar-refractivity contribution is -0.246. The average molecular weight is 104 g/mol. The van der Waals surface area contributed by atoms with Gasteiger partial charge in [-0.2, -0.15) is 0 Å². The van der Waals surface area contributed by atoms with E-state index in [1.54, 1.807) is 0 Å². The van der Waals surface area contributed by atoms with Gasteiger partial charge in [0.15, 0.2) is 0 Å². The van der Waals surface area contributed by atoms with Crippen molar-refractivity contribution in [2.75, 3.05) is 13.2 Å². The summed E-state index contributed by atoms with van der Waals surface area (Å²) in [5.74, 6) is 0. The maximum absolute atomic E-state index is 7.68. The van der Waals surface area contributed by atoms with E-state index in [4.69, 9.17) is 5.26 Å². The van der Waals surface area contributed by atoms with Crippen LogP contribution < -0.4 is 0 Å². The van der Waals surface area contributed by atoms with E-state index in [9.17, 15) is 0 Å². The Bertz CT molecular complexity index is 44.2. The van der Waals surface area contributed by atoms with Gasteiger partial charge in [-0.25, -0.2) is 4.89 Å². The third-order valence-corrected chi connectivity index (χ3v) is 0.410. The summed E-state index contributed by atoms with van der Waals surface area (Å²) in [6, 6.07) is 0. The normalized spacial score (nSPS) is 8.14. The van der Waals surface area contributed by atoms with Gasteiger partial charge in [-0.1, -0.05) is 6.58 Å². The molecule has 0 radical (unpaired) electrons. The smallest absolute Gasteiger partial charge is 0.116 e. The summed E-state index contributed by atoms with van der Waals surface area (Å²) in [6.45, 7) is 3.81. The first kappa shape index (κ1) is 6.46. The second kappa shape index (κ2) is 5.46. The summed E-state index contributed by atoms with van der Waals surface area (Å²) in [5, 5.41) is 7.68. The second-order valence-electron chi connectivity index (χ2n) is 0.871. The van der Waals surface area contributed by atoms with Gasteiger partial charge < -0.3 is 4.74 Å². The van der Waals surface area contributed by atoms with Crippen molar-refractivity contribution >= 4 is 0 Å². The van der Waals surface area contributed by atoms with Crippen LogP contribution in [-0.4, -0.2) is 18.5 Å². The lowest BCUT2D eigenvalue weighted by atomic mass is 10.8. The largest absolute Gasteiger partial charge is 0.499 e. The molecule has 0 aromatic carbocycles. The molecule has 0 heterocycles. The molecule has 0 rings (SSSR count). The SMILES string of the molecule is C=COCCOO. The number of hydrogen-bond donors (Lipinski definition) is 1. The van der Waals surface area contributed by atoms with Crippen LogP contribution in [-0.2, 0) is 9.62 Å². The minimum atomic E-state index is 0.187. The minimum absolute atomic E-state index is 0.187. The van der Waals surface area contributed by atoms with Gasteiger partial charge in [-0.3, -0.25) is 5.26 Å². The van der Waals surface area contributed by atoms with Crippen LogP contribution in [0.25, 0.3) is 0 Å². The van der Waals surface area contributed by atoms with E-state index in [1.807, 2.05) is 0 Å². The zero-order valence-electron chi connectivity index (χ0n) is 3.96. The summed E-state index contributed by atoms with van der Waals surface area (Å²) in [5.41, 5.74) is 0. The Balaban J connectivity index is 2.56. The first-order valence-corrected chi connectivity index (χ1v) is 1.90. The fourth-order valence-electron chi connectivity index (χ4n) is 0.169. The quantitative estimate of drug-likeness (QED) is 0.246. The highest BCUT2D eigenvalue weighted by Crippen LogP contribution is 1.71. The zero-order chi connectivity index (χ0) is 5.54. The highest BCUT2D eigenvalue weighted by Gasteiger charge is 1.77. The van der Waals surface area contributed by atoms with E-state index in [0.29, 0.717) is 6.61 Å². The van der Waals surface area contributed by atoms with Crippen molar-refractivity contribution < 1.29 is 14.9 Å². The standard InChI is InChI=1S/C4H8O3/c1-2-6-3-4-7-5/h2,5H,1,3-4H2. The summed E-state index contributed by atoms with van der Waals surface area (Å²) >= 11 is 0. The maximum Gasteiger partial charge on any atom is 0.116 e. The highest BCUT2D eigenvalue weighted by molar-refractivity contribution is 4.46. The molecule has 3 heteroatoms. The van der Waals surface area contributed by atoms with Gasteiger partial charge >= 0.3 is 0 Å². The molecule has 0 fully saturated rings. The molecule has 0 aliphatic heterocycles. The summed E-state index contributed by atoms with van der Waals surface area (Å²) in [6.07, 6.45) is 1.29. The monoisotopic (exact) mass is 104 g/mol. The van der Waals surface area contributed by atoms with E-state index in [0.717, 1.165) is 0 Å². The van der Waals surface area contributed by atoms with Crippen molar-refractivity contribution in [3.63, 3.8) is 0 Å². The van der Waals surface area contributed by atoms with Crippen LogP contribution in [0.5, 0.6) is 0 Å². The fraction of sp³-hybridized carbons (Fsp3) is 0.500. The molecule has 0 aromatic heterocycles. The fourth-order valence-corrected chi connectivity index (χ4v) is 0.169. The Morgan fingerprint density at radius 2 is 2.29 bits per heavy atom. The van der Waals surface area contributed by atoms with Crippen LogP contribution in [0.1, 0.15) is 0 Å². The van der Waals surface area contributed by atoms with E-state index in [1.165, 1.54) is 6.26 Å². The average Bonchev–Trinajstić information content (AvgIpc) is 1.69. The number of ether oxygens (including phenoxy) is 1. The lowest BCUT2D eigenvalue weighted by Crippen LogP contribution is -1.96. The number of hydrogen-bond acceptors (Lipinski definition) is 3. The molecule has 3 nitrogen and oxygen atoms in total. The van der Waals surface area contributed by atoms with Gasteiger partial charge in [-0.15, -0.1) is 0 Å². The van der Waals surface area contributed by atoms with Gasteiger partial charge in [-0.05, 0) is 0 Å². The first-order valence-electron chi connectivity index (χ1n) is 1.90. The van der Waals surface area contributed by atoms with Crippen LogP contribution in [0.15, 0.2) is 12.8 Å². The van der Waals surface area contributed by atoms with Gasteiger partial charge in [0, 0.05) is 0 Å².